The molecule has 7 heteroatoms. The largest absolute Gasteiger partial charge is 0.392 e. The van der Waals surface area contributed by atoms with Gasteiger partial charge in [0.2, 0.25) is 0 Å². The van der Waals surface area contributed by atoms with E-state index in [9.17, 15) is 4.39 Å². The molecule has 1 unspecified atom stereocenters. The summed E-state index contributed by atoms with van der Waals surface area (Å²) in [5.41, 5.74) is 1.20. The van der Waals surface area contributed by atoms with E-state index in [4.69, 9.17) is 5.11 Å². The monoisotopic (exact) mass is 453 g/mol. The minimum atomic E-state index is -0.376. The fourth-order valence-corrected chi connectivity index (χ4v) is 3.58. The molecule has 3 N–H and O–H groups in total. The molecule has 0 spiro atoms. The molecule has 23 heavy (non-hydrogen) atoms. The van der Waals surface area contributed by atoms with Crippen LogP contribution in [-0.4, -0.2) is 35.2 Å². The third-order valence-corrected chi connectivity index (χ3v) is 4.96. The van der Waals surface area contributed by atoms with E-state index in [1.54, 1.807) is 12.1 Å². The summed E-state index contributed by atoms with van der Waals surface area (Å²) in [6.07, 6.45) is 2.55. The van der Waals surface area contributed by atoms with Gasteiger partial charge in [0, 0.05) is 23.9 Å². The number of thioether (sulfide) groups is 1. The van der Waals surface area contributed by atoms with Gasteiger partial charge in [0.15, 0.2) is 5.96 Å². The summed E-state index contributed by atoms with van der Waals surface area (Å²) in [5, 5.41) is 16.4. The first-order valence-electron chi connectivity index (χ1n) is 7.75. The Morgan fingerprint density at radius 2 is 2.26 bits per heavy atom. The Balaban J connectivity index is 0.00000264. The van der Waals surface area contributed by atoms with Crippen LogP contribution in [0.3, 0.4) is 0 Å². The maximum absolute atomic E-state index is 13.4. The zero-order valence-corrected chi connectivity index (χ0v) is 16.5. The van der Waals surface area contributed by atoms with Crippen molar-refractivity contribution in [2.45, 2.75) is 38.2 Å². The second-order valence-corrected chi connectivity index (χ2v) is 6.70. The molecule has 1 aromatic carbocycles. The van der Waals surface area contributed by atoms with Gasteiger partial charge in [-0.2, -0.15) is 11.8 Å². The summed E-state index contributed by atoms with van der Waals surface area (Å²) in [7, 11) is 0. The number of aliphatic hydroxyl groups is 1. The first kappa shape index (κ1) is 20.5. The van der Waals surface area contributed by atoms with Crippen molar-refractivity contribution in [3.8, 4) is 0 Å². The van der Waals surface area contributed by atoms with E-state index in [1.807, 2.05) is 18.7 Å². The van der Waals surface area contributed by atoms with Crippen molar-refractivity contribution in [1.29, 1.82) is 0 Å². The molecule has 1 saturated heterocycles. The van der Waals surface area contributed by atoms with Crippen molar-refractivity contribution in [3.63, 3.8) is 0 Å². The normalized spacial score (nSPS) is 17.7. The van der Waals surface area contributed by atoms with Crippen molar-refractivity contribution >= 4 is 41.7 Å². The average Bonchev–Trinajstić information content (AvgIpc) is 3.04. The van der Waals surface area contributed by atoms with Crippen molar-refractivity contribution < 1.29 is 9.50 Å². The minimum Gasteiger partial charge on any atom is -0.392 e. The number of nitrogens with one attached hydrogen (secondary N) is 2. The van der Waals surface area contributed by atoms with E-state index >= 15 is 0 Å². The molecule has 0 amide bonds. The summed E-state index contributed by atoms with van der Waals surface area (Å²) >= 11 is 2.01. The van der Waals surface area contributed by atoms with Gasteiger partial charge in [0.05, 0.1) is 13.2 Å². The molecule has 130 valence electrons. The van der Waals surface area contributed by atoms with Gasteiger partial charge in [-0.3, -0.25) is 0 Å². The Hall–Kier alpha value is -0.540. The third kappa shape index (κ3) is 6.84. The molecule has 1 fully saturated rings. The maximum Gasteiger partial charge on any atom is 0.191 e. The van der Waals surface area contributed by atoms with Gasteiger partial charge in [-0.1, -0.05) is 6.07 Å². The highest BCUT2D eigenvalue weighted by Gasteiger charge is 2.15. The highest BCUT2D eigenvalue weighted by molar-refractivity contribution is 14.0. The van der Waals surface area contributed by atoms with Gasteiger partial charge < -0.3 is 15.7 Å². The quantitative estimate of drug-likeness (QED) is 0.352. The molecule has 0 aromatic heterocycles. The molecule has 1 aliphatic rings. The van der Waals surface area contributed by atoms with Crippen LogP contribution in [0.4, 0.5) is 4.39 Å². The highest BCUT2D eigenvalue weighted by Crippen LogP contribution is 2.25. The molecular weight excluding hydrogens is 428 g/mol. The highest BCUT2D eigenvalue weighted by atomic mass is 127. The molecule has 1 aromatic rings. The van der Waals surface area contributed by atoms with Gasteiger partial charge in [0.1, 0.15) is 5.82 Å². The summed E-state index contributed by atoms with van der Waals surface area (Å²) in [4.78, 5) is 4.53. The Kier molecular flexibility index (Phi) is 9.89. The van der Waals surface area contributed by atoms with Gasteiger partial charge >= 0.3 is 0 Å². The Labute approximate surface area is 158 Å². The molecule has 4 nitrogen and oxygen atoms in total. The maximum atomic E-state index is 13.4. The van der Waals surface area contributed by atoms with E-state index in [0.717, 1.165) is 24.6 Å². The van der Waals surface area contributed by atoms with Crippen molar-refractivity contribution in [2.75, 3.05) is 18.8 Å². The predicted molar refractivity (Wildman–Crippen MR) is 106 cm³/mol. The molecule has 0 radical (unpaired) electrons. The molecule has 2 rings (SSSR count). The summed E-state index contributed by atoms with van der Waals surface area (Å²) in [6, 6.07) is 4.75. The fourth-order valence-electron chi connectivity index (χ4n) is 2.38. The van der Waals surface area contributed by atoms with E-state index < -0.39 is 0 Å². The van der Waals surface area contributed by atoms with Crippen LogP contribution in [0, 0.1) is 5.82 Å². The summed E-state index contributed by atoms with van der Waals surface area (Å²) in [5.74, 6) is 1.66. The predicted octanol–water partition coefficient (Wildman–Crippen LogP) is 2.89. The molecule has 1 aliphatic heterocycles. The zero-order chi connectivity index (χ0) is 15.8. The topological polar surface area (TPSA) is 56.7 Å². The molecule has 1 heterocycles. The van der Waals surface area contributed by atoms with Crippen LogP contribution in [-0.2, 0) is 13.2 Å². The second kappa shape index (κ2) is 11.1. The lowest BCUT2D eigenvalue weighted by molar-refractivity contribution is 0.275. The third-order valence-electron chi connectivity index (χ3n) is 3.57. The summed E-state index contributed by atoms with van der Waals surface area (Å²) < 4.78 is 13.4. The number of benzene rings is 1. The van der Waals surface area contributed by atoms with Crippen LogP contribution in [0.5, 0.6) is 0 Å². The number of aliphatic hydroxyl groups excluding tert-OH is 1. The van der Waals surface area contributed by atoms with Gasteiger partial charge in [-0.15, -0.1) is 24.0 Å². The molecule has 0 aliphatic carbocycles. The van der Waals surface area contributed by atoms with Crippen LogP contribution in [0.2, 0.25) is 0 Å². The molecular formula is C16H25FIN3OS. The Bertz CT molecular complexity index is 510. The lowest BCUT2D eigenvalue weighted by Crippen LogP contribution is -2.40. The lowest BCUT2D eigenvalue weighted by atomic mass is 10.1. The number of aliphatic imine (C=N–C) groups is 1. The smallest absolute Gasteiger partial charge is 0.191 e. The van der Waals surface area contributed by atoms with Crippen molar-refractivity contribution in [3.05, 3.63) is 35.1 Å². The fraction of sp³-hybridized carbons (Fsp3) is 0.562. The molecule has 1 atom stereocenters. The van der Waals surface area contributed by atoms with E-state index in [-0.39, 0.29) is 36.4 Å². The average molecular weight is 453 g/mol. The van der Waals surface area contributed by atoms with Crippen LogP contribution < -0.4 is 10.6 Å². The minimum absolute atomic E-state index is 0. The first-order chi connectivity index (χ1) is 10.7. The van der Waals surface area contributed by atoms with Crippen LogP contribution in [0.15, 0.2) is 23.2 Å². The number of guanidine groups is 1. The number of nitrogens with zero attached hydrogens (tertiary/aromatic N) is 1. The van der Waals surface area contributed by atoms with E-state index in [1.165, 1.54) is 24.7 Å². The van der Waals surface area contributed by atoms with Crippen molar-refractivity contribution in [1.82, 2.24) is 10.6 Å². The van der Waals surface area contributed by atoms with Gasteiger partial charge in [0.25, 0.3) is 0 Å². The first-order valence-corrected chi connectivity index (χ1v) is 8.79. The van der Waals surface area contributed by atoms with Gasteiger partial charge in [-0.25, -0.2) is 9.38 Å². The Morgan fingerprint density at radius 1 is 1.43 bits per heavy atom. The standard InChI is InChI=1S/C16H24FN3OS.HI/c1-2-18-16(20-10-14-4-3-7-22-14)19-9-12-5-6-15(17)13(8-12)11-21;/h5-6,8,14,21H,2-4,7,9-11H2,1H3,(H2,18,19,20);1H. The molecule has 0 bridgehead atoms. The zero-order valence-electron chi connectivity index (χ0n) is 13.3. The lowest BCUT2D eigenvalue weighted by Gasteiger charge is -2.14. The Morgan fingerprint density at radius 3 is 2.91 bits per heavy atom. The SMILES string of the molecule is CCNC(=NCc1ccc(F)c(CO)c1)NCC1CCCS1.I. The molecule has 0 saturated carbocycles. The second-order valence-electron chi connectivity index (χ2n) is 5.29. The van der Waals surface area contributed by atoms with Crippen LogP contribution in [0.1, 0.15) is 30.9 Å². The number of hydrogen-bond acceptors (Lipinski definition) is 3. The number of rotatable bonds is 6. The van der Waals surface area contributed by atoms with Crippen LogP contribution in [0.25, 0.3) is 0 Å². The summed E-state index contributed by atoms with van der Waals surface area (Å²) in [6.45, 7) is 3.92. The van der Waals surface area contributed by atoms with E-state index in [2.05, 4.69) is 15.6 Å². The van der Waals surface area contributed by atoms with E-state index in [0.29, 0.717) is 17.4 Å². The number of halogens is 2. The van der Waals surface area contributed by atoms with Crippen LogP contribution >= 0.6 is 35.7 Å². The van der Waals surface area contributed by atoms with Crippen molar-refractivity contribution in [2.24, 2.45) is 4.99 Å². The van der Waals surface area contributed by atoms with Gasteiger partial charge in [-0.05, 0) is 43.2 Å². The number of hydrogen-bond donors (Lipinski definition) is 3.